The predicted molar refractivity (Wildman–Crippen MR) is 91.6 cm³/mol. The first-order chi connectivity index (χ1) is 11.2. The van der Waals surface area contributed by atoms with Gasteiger partial charge in [0.2, 0.25) is 0 Å². The summed E-state index contributed by atoms with van der Waals surface area (Å²) in [6.07, 6.45) is 8.74. The van der Waals surface area contributed by atoms with E-state index in [-0.39, 0.29) is 5.91 Å². The number of hydrogen-bond acceptors (Lipinski definition) is 4. The summed E-state index contributed by atoms with van der Waals surface area (Å²) in [6.45, 7) is 2.21. The second-order valence-electron chi connectivity index (χ2n) is 5.91. The minimum atomic E-state index is -0.187. The fourth-order valence-electron chi connectivity index (χ4n) is 3.19. The molecule has 2 heterocycles. The van der Waals surface area contributed by atoms with E-state index < -0.39 is 0 Å². The van der Waals surface area contributed by atoms with Gasteiger partial charge in [-0.2, -0.15) is 5.26 Å². The van der Waals surface area contributed by atoms with Crippen LogP contribution in [0.2, 0.25) is 0 Å². The number of carbonyl (C=O) groups excluding carboxylic acids is 1. The van der Waals surface area contributed by atoms with Gasteiger partial charge in [0, 0.05) is 22.8 Å². The van der Waals surface area contributed by atoms with Gasteiger partial charge in [-0.1, -0.05) is 19.8 Å². The molecule has 0 saturated carbocycles. The van der Waals surface area contributed by atoms with Crippen molar-refractivity contribution >= 4 is 22.2 Å². The van der Waals surface area contributed by atoms with Crippen molar-refractivity contribution in [3.05, 3.63) is 46.1 Å². The number of amides is 1. The molecule has 0 bridgehead atoms. The fraction of sp³-hybridized carbons (Fsp3) is 0.389. The number of pyridine rings is 1. The van der Waals surface area contributed by atoms with E-state index in [0.717, 1.165) is 24.8 Å². The SMILES string of the molecule is CCC[C@@H]1CCc2c(sc(NC(=O)c3ccncc3)c2C#N)C1. The molecule has 118 valence electrons. The standard InChI is InChI=1S/C18H19N3OS/c1-2-3-12-4-5-14-15(11-19)18(23-16(14)10-12)21-17(22)13-6-8-20-9-7-13/h6-9,12H,2-5,10H2,1H3,(H,21,22)/t12-/m1/s1. The molecule has 0 aliphatic heterocycles. The quantitative estimate of drug-likeness (QED) is 0.917. The van der Waals surface area contributed by atoms with Crippen LogP contribution in [-0.2, 0) is 12.8 Å². The van der Waals surface area contributed by atoms with Gasteiger partial charge in [0.1, 0.15) is 11.1 Å². The van der Waals surface area contributed by atoms with E-state index in [0.29, 0.717) is 22.0 Å². The summed E-state index contributed by atoms with van der Waals surface area (Å²) in [6, 6.07) is 5.64. The average molecular weight is 325 g/mol. The van der Waals surface area contributed by atoms with Crippen molar-refractivity contribution in [2.24, 2.45) is 5.92 Å². The Morgan fingerprint density at radius 1 is 1.48 bits per heavy atom. The van der Waals surface area contributed by atoms with Gasteiger partial charge in [-0.3, -0.25) is 9.78 Å². The minimum Gasteiger partial charge on any atom is -0.312 e. The van der Waals surface area contributed by atoms with E-state index in [1.165, 1.54) is 17.7 Å². The number of rotatable bonds is 4. The van der Waals surface area contributed by atoms with Crippen molar-refractivity contribution in [2.75, 3.05) is 5.32 Å². The summed E-state index contributed by atoms with van der Waals surface area (Å²) in [5, 5.41) is 13.1. The van der Waals surface area contributed by atoms with E-state index in [9.17, 15) is 10.1 Å². The molecule has 4 nitrogen and oxygen atoms in total. The summed E-state index contributed by atoms with van der Waals surface area (Å²) in [5.74, 6) is 0.522. The summed E-state index contributed by atoms with van der Waals surface area (Å²) < 4.78 is 0. The van der Waals surface area contributed by atoms with Gasteiger partial charge < -0.3 is 5.32 Å². The zero-order chi connectivity index (χ0) is 16.2. The Balaban J connectivity index is 1.84. The number of nitrogens with zero attached hydrogens (tertiary/aromatic N) is 2. The molecule has 1 N–H and O–H groups in total. The maximum atomic E-state index is 12.3. The van der Waals surface area contributed by atoms with E-state index in [4.69, 9.17) is 0 Å². The lowest BCUT2D eigenvalue weighted by Gasteiger charge is -2.21. The van der Waals surface area contributed by atoms with Crippen LogP contribution in [0.5, 0.6) is 0 Å². The fourth-order valence-corrected chi connectivity index (χ4v) is 4.50. The van der Waals surface area contributed by atoms with E-state index in [2.05, 4.69) is 23.3 Å². The number of thiophene rings is 1. The van der Waals surface area contributed by atoms with Crippen LogP contribution in [0.1, 0.15) is 52.5 Å². The lowest BCUT2D eigenvalue weighted by molar-refractivity contribution is 0.102. The number of anilines is 1. The normalized spacial score (nSPS) is 16.4. The Morgan fingerprint density at radius 3 is 2.96 bits per heavy atom. The first-order valence-electron chi connectivity index (χ1n) is 7.99. The highest BCUT2D eigenvalue weighted by Gasteiger charge is 2.26. The highest BCUT2D eigenvalue weighted by atomic mass is 32.1. The first kappa shape index (κ1) is 15.7. The summed E-state index contributed by atoms with van der Waals surface area (Å²) in [5.41, 5.74) is 2.36. The van der Waals surface area contributed by atoms with Crippen LogP contribution >= 0.6 is 11.3 Å². The Hall–Kier alpha value is -2.19. The van der Waals surface area contributed by atoms with Gasteiger partial charge in [-0.25, -0.2) is 0 Å². The summed E-state index contributed by atoms with van der Waals surface area (Å²) in [4.78, 5) is 17.5. The van der Waals surface area contributed by atoms with Crippen LogP contribution in [0.4, 0.5) is 5.00 Å². The molecule has 1 atom stereocenters. The van der Waals surface area contributed by atoms with Gasteiger partial charge in [0.15, 0.2) is 0 Å². The number of nitrogens with one attached hydrogen (secondary N) is 1. The molecule has 5 heteroatoms. The highest BCUT2D eigenvalue weighted by molar-refractivity contribution is 7.16. The Labute approximate surface area is 140 Å². The monoisotopic (exact) mass is 325 g/mol. The zero-order valence-corrected chi connectivity index (χ0v) is 13.9. The minimum absolute atomic E-state index is 0.187. The Kier molecular flexibility index (Phi) is 4.73. The van der Waals surface area contributed by atoms with E-state index in [1.54, 1.807) is 35.9 Å². The molecule has 0 spiro atoms. The Morgan fingerprint density at radius 2 is 2.26 bits per heavy atom. The molecule has 1 aliphatic rings. The van der Waals surface area contributed by atoms with Gasteiger partial charge >= 0.3 is 0 Å². The number of nitriles is 1. The van der Waals surface area contributed by atoms with Gasteiger partial charge in [0.05, 0.1) is 5.56 Å². The number of fused-ring (bicyclic) bond motifs is 1. The molecule has 3 rings (SSSR count). The lowest BCUT2D eigenvalue weighted by Crippen LogP contribution is -2.13. The molecule has 1 aliphatic carbocycles. The highest BCUT2D eigenvalue weighted by Crippen LogP contribution is 2.40. The van der Waals surface area contributed by atoms with Crippen LogP contribution in [0.3, 0.4) is 0 Å². The van der Waals surface area contributed by atoms with Gasteiger partial charge in [-0.15, -0.1) is 11.3 Å². The number of hydrogen-bond donors (Lipinski definition) is 1. The second-order valence-corrected chi connectivity index (χ2v) is 7.01. The van der Waals surface area contributed by atoms with Gasteiger partial charge in [0.25, 0.3) is 5.91 Å². The van der Waals surface area contributed by atoms with Crippen LogP contribution in [0.25, 0.3) is 0 Å². The molecule has 0 radical (unpaired) electrons. The van der Waals surface area contributed by atoms with Gasteiger partial charge in [-0.05, 0) is 42.9 Å². The van der Waals surface area contributed by atoms with E-state index >= 15 is 0 Å². The molecule has 2 aromatic rings. The summed E-state index contributed by atoms with van der Waals surface area (Å²) in [7, 11) is 0. The first-order valence-corrected chi connectivity index (χ1v) is 8.80. The number of aromatic nitrogens is 1. The predicted octanol–water partition coefficient (Wildman–Crippen LogP) is 4.17. The van der Waals surface area contributed by atoms with Crippen molar-refractivity contribution in [3.63, 3.8) is 0 Å². The van der Waals surface area contributed by atoms with Crippen molar-refractivity contribution in [1.29, 1.82) is 5.26 Å². The second kappa shape index (κ2) is 6.93. The van der Waals surface area contributed by atoms with Crippen LogP contribution < -0.4 is 5.32 Å². The third-order valence-electron chi connectivity index (χ3n) is 4.35. The van der Waals surface area contributed by atoms with Crippen LogP contribution in [0, 0.1) is 17.2 Å². The third-order valence-corrected chi connectivity index (χ3v) is 5.52. The van der Waals surface area contributed by atoms with Crippen molar-refractivity contribution in [2.45, 2.75) is 39.0 Å². The molecule has 1 amide bonds. The molecule has 0 saturated heterocycles. The molecule has 0 aromatic carbocycles. The van der Waals surface area contributed by atoms with Crippen molar-refractivity contribution in [3.8, 4) is 6.07 Å². The molecular formula is C18H19N3OS. The molecular weight excluding hydrogens is 306 g/mol. The van der Waals surface area contributed by atoms with Crippen LogP contribution in [-0.4, -0.2) is 10.9 Å². The molecule has 0 fully saturated rings. The zero-order valence-electron chi connectivity index (χ0n) is 13.1. The third kappa shape index (κ3) is 3.27. The van der Waals surface area contributed by atoms with Crippen molar-refractivity contribution in [1.82, 2.24) is 4.98 Å². The molecule has 2 aromatic heterocycles. The van der Waals surface area contributed by atoms with Crippen LogP contribution in [0.15, 0.2) is 24.5 Å². The largest absolute Gasteiger partial charge is 0.312 e. The van der Waals surface area contributed by atoms with E-state index in [1.807, 2.05) is 0 Å². The maximum absolute atomic E-state index is 12.3. The summed E-state index contributed by atoms with van der Waals surface area (Å²) >= 11 is 1.57. The molecule has 23 heavy (non-hydrogen) atoms. The maximum Gasteiger partial charge on any atom is 0.256 e. The molecule has 0 unspecified atom stereocenters. The topological polar surface area (TPSA) is 65.8 Å². The lowest BCUT2D eigenvalue weighted by atomic mass is 9.85. The van der Waals surface area contributed by atoms with Crippen molar-refractivity contribution < 1.29 is 4.79 Å². The Bertz CT molecular complexity index is 746. The average Bonchev–Trinajstić information content (AvgIpc) is 2.92. The number of carbonyl (C=O) groups is 1. The smallest absolute Gasteiger partial charge is 0.256 e.